The maximum Gasteiger partial charge on any atom is 0.0724 e. The molecule has 0 radical (unpaired) electrons. The van der Waals surface area contributed by atoms with E-state index in [-0.39, 0.29) is 6.10 Å². The molecule has 0 aromatic heterocycles. The van der Waals surface area contributed by atoms with Crippen molar-refractivity contribution in [3.63, 3.8) is 0 Å². The lowest BCUT2D eigenvalue weighted by Crippen LogP contribution is -2.00. The molecule has 72 valence electrons. The van der Waals surface area contributed by atoms with Gasteiger partial charge in [0.1, 0.15) is 0 Å². The van der Waals surface area contributed by atoms with Gasteiger partial charge in [0.05, 0.1) is 6.10 Å². The Bertz CT molecular complexity index is 201. The number of aliphatic hydroxyl groups is 1. The molecule has 1 N–H and O–H groups in total. The smallest absolute Gasteiger partial charge is 0.0724 e. The fraction of sp³-hybridized carbons (Fsp3) is 0.500. The summed E-state index contributed by atoms with van der Waals surface area (Å²) in [7, 11) is 0. The van der Waals surface area contributed by atoms with E-state index in [9.17, 15) is 5.11 Å². The van der Waals surface area contributed by atoms with Crippen LogP contribution in [0.4, 0.5) is 0 Å². The van der Waals surface area contributed by atoms with Crippen LogP contribution in [-0.2, 0) is 0 Å². The van der Waals surface area contributed by atoms with Gasteiger partial charge in [0.25, 0.3) is 0 Å². The molecule has 1 aliphatic carbocycles. The largest absolute Gasteiger partial charge is 0.389 e. The topological polar surface area (TPSA) is 20.2 Å². The fourth-order valence-electron chi connectivity index (χ4n) is 1.32. The van der Waals surface area contributed by atoms with Crippen molar-refractivity contribution in [2.24, 2.45) is 0 Å². The van der Waals surface area contributed by atoms with Gasteiger partial charge in [-0.3, -0.25) is 0 Å². The van der Waals surface area contributed by atoms with Crippen LogP contribution in [0.2, 0.25) is 0 Å². The van der Waals surface area contributed by atoms with Crippen molar-refractivity contribution in [1.82, 2.24) is 0 Å². The first-order valence-corrected chi connectivity index (χ1v) is 5.04. The van der Waals surface area contributed by atoms with E-state index >= 15 is 0 Å². The maximum absolute atomic E-state index is 9.45. The Balaban J connectivity index is 2.41. The SMILES string of the molecule is OC1/C=C\C/C=C\CC/C=C\CC1. The Hall–Kier alpha value is -0.820. The Labute approximate surface area is 80.5 Å². The average Bonchev–Trinajstić information content (AvgIpc) is 2.11. The molecule has 1 unspecified atom stereocenters. The fourth-order valence-corrected chi connectivity index (χ4v) is 1.32. The van der Waals surface area contributed by atoms with E-state index in [0.717, 1.165) is 32.1 Å². The highest BCUT2D eigenvalue weighted by Gasteiger charge is 1.95. The lowest BCUT2D eigenvalue weighted by atomic mass is 10.1. The van der Waals surface area contributed by atoms with Crippen LogP contribution < -0.4 is 0 Å². The summed E-state index contributed by atoms with van der Waals surface area (Å²) < 4.78 is 0. The average molecular weight is 178 g/mol. The second kappa shape index (κ2) is 6.67. The highest BCUT2D eigenvalue weighted by Crippen LogP contribution is 2.04. The molecule has 0 spiro atoms. The van der Waals surface area contributed by atoms with Gasteiger partial charge in [0.15, 0.2) is 0 Å². The zero-order valence-electron chi connectivity index (χ0n) is 8.02. The standard InChI is InChI=1S/C12H18O/c13-12-10-8-6-4-2-1-3-5-7-9-11-12/h2,4-5,7-8,10,12-13H,1,3,6,9,11H2/b4-2-,7-5-,10-8-. The van der Waals surface area contributed by atoms with Crippen LogP contribution in [0.1, 0.15) is 32.1 Å². The lowest BCUT2D eigenvalue weighted by Gasteiger charge is -2.02. The van der Waals surface area contributed by atoms with E-state index in [1.54, 1.807) is 0 Å². The van der Waals surface area contributed by atoms with Gasteiger partial charge in [-0.2, -0.15) is 0 Å². The highest BCUT2D eigenvalue weighted by atomic mass is 16.3. The molecule has 0 amide bonds. The molecule has 0 aliphatic heterocycles. The molecule has 1 nitrogen and oxygen atoms in total. The minimum Gasteiger partial charge on any atom is -0.389 e. The molecule has 0 aromatic rings. The first-order valence-electron chi connectivity index (χ1n) is 5.04. The van der Waals surface area contributed by atoms with E-state index in [4.69, 9.17) is 0 Å². The quantitative estimate of drug-likeness (QED) is 0.565. The van der Waals surface area contributed by atoms with Gasteiger partial charge < -0.3 is 5.11 Å². The van der Waals surface area contributed by atoms with Gasteiger partial charge in [0, 0.05) is 0 Å². The maximum atomic E-state index is 9.45. The molecule has 1 aliphatic rings. The second-order valence-corrected chi connectivity index (χ2v) is 3.33. The summed E-state index contributed by atoms with van der Waals surface area (Å²) in [4.78, 5) is 0. The van der Waals surface area contributed by atoms with Gasteiger partial charge in [-0.05, 0) is 32.1 Å². The molecular weight excluding hydrogens is 160 g/mol. The first-order chi connectivity index (χ1) is 6.39. The van der Waals surface area contributed by atoms with Crippen LogP contribution in [0, 0.1) is 0 Å². The van der Waals surface area contributed by atoms with E-state index < -0.39 is 0 Å². The van der Waals surface area contributed by atoms with Crippen LogP contribution in [-0.4, -0.2) is 11.2 Å². The molecule has 1 rings (SSSR count). The third kappa shape index (κ3) is 5.42. The summed E-state index contributed by atoms with van der Waals surface area (Å²) in [5.41, 5.74) is 0. The Morgan fingerprint density at radius 3 is 2.38 bits per heavy atom. The minimum atomic E-state index is -0.266. The summed E-state index contributed by atoms with van der Waals surface area (Å²) in [6, 6.07) is 0. The summed E-state index contributed by atoms with van der Waals surface area (Å²) in [6.45, 7) is 0. The van der Waals surface area contributed by atoms with Crippen molar-refractivity contribution in [3.8, 4) is 0 Å². The zero-order chi connectivity index (χ0) is 9.36. The van der Waals surface area contributed by atoms with E-state index in [1.807, 2.05) is 12.2 Å². The lowest BCUT2D eigenvalue weighted by molar-refractivity contribution is 0.213. The molecule has 0 aromatic carbocycles. The Morgan fingerprint density at radius 1 is 0.846 bits per heavy atom. The molecule has 0 saturated carbocycles. The van der Waals surface area contributed by atoms with Crippen LogP contribution >= 0.6 is 0 Å². The molecule has 0 fully saturated rings. The molecule has 1 heteroatoms. The number of aliphatic hydroxyl groups excluding tert-OH is 1. The summed E-state index contributed by atoms with van der Waals surface area (Å²) >= 11 is 0. The Kier molecular flexibility index (Phi) is 5.27. The highest BCUT2D eigenvalue weighted by molar-refractivity contribution is 4.98. The van der Waals surface area contributed by atoms with Crippen molar-refractivity contribution in [2.45, 2.75) is 38.2 Å². The van der Waals surface area contributed by atoms with Crippen molar-refractivity contribution in [3.05, 3.63) is 36.5 Å². The van der Waals surface area contributed by atoms with Crippen LogP contribution in [0.3, 0.4) is 0 Å². The van der Waals surface area contributed by atoms with E-state index in [1.165, 1.54) is 0 Å². The number of allylic oxidation sites excluding steroid dienone is 5. The first kappa shape index (κ1) is 10.3. The van der Waals surface area contributed by atoms with Crippen LogP contribution in [0.25, 0.3) is 0 Å². The second-order valence-electron chi connectivity index (χ2n) is 3.33. The van der Waals surface area contributed by atoms with Crippen molar-refractivity contribution < 1.29 is 5.11 Å². The van der Waals surface area contributed by atoms with Crippen LogP contribution in [0.15, 0.2) is 36.5 Å². The zero-order valence-corrected chi connectivity index (χ0v) is 8.02. The van der Waals surface area contributed by atoms with Gasteiger partial charge in [-0.15, -0.1) is 0 Å². The third-order valence-electron chi connectivity index (χ3n) is 2.09. The molecule has 0 bridgehead atoms. The predicted molar refractivity (Wildman–Crippen MR) is 56.5 cm³/mol. The van der Waals surface area contributed by atoms with Crippen LogP contribution in [0.5, 0.6) is 0 Å². The van der Waals surface area contributed by atoms with Gasteiger partial charge >= 0.3 is 0 Å². The van der Waals surface area contributed by atoms with E-state index in [0.29, 0.717) is 0 Å². The number of rotatable bonds is 0. The van der Waals surface area contributed by atoms with Crippen molar-refractivity contribution in [1.29, 1.82) is 0 Å². The molecule has 0 heterocycles. The third-order valence-corrected chi connectivity index (χ3v) is 2.09. The minimum absolute atomic E-state index is 0.266. The molecule has 1 atom stereocenters. The molecule has 0 saturated heterocycles. The Morgan fingerprint density at radius 2 is 1.54 bits per heavy atom. The summed E-state index contributed by atoms with van der Waals surface area (Å²) in [5.74, 6) is 0. The summed E-state index contributed by atoms with van der Waals surface area (Å²) in [6.07, 6.45) is 17.4. The van der Waals surface area contributed by atoms with Crippen molar-refractivity contribution in [2.75, 3.05) is 0 Å². The van der Waals surface area contributed by atoms with Gasteiger partial charge in [0.2, 0.25) is 0 Å². The number of hydrogen-bond donors (Lipinski definition) is 1. The van der Waals surface area contributed by atoms with Gasteiger partial charge in [-0.25, -0.2) is 0 Å². The monoisotopic (exact) mass is 178 g/mol. The normalized spacial score (nSPS) is 32.5. The summed E-state index contributed by atoms with van der Waals surface area (Å²) in [5, 5.41) is 9.45. The number of hydrogen-bond acceptors (Lipinski definition) is 1. The molecular formula is C12H18O. The van der Waals surface area contributed by atoms with Crippen molar-refractivity contribution >= 4 is 0 Å². The molecule has 13 heavy (non-hydrogen) atoms. The predicted octanol–water partition coefficient (Wildman–Crippen LogP) is 2.98. The van der Waals surface area contributed by atoms with E-state index in [2.05, 4.69) is 24.3 Å². The van der Waals surface area contributed by atoms with Gasteiger partial charge in [-0.1, -0.05) is 36.5 Å².